The summed E-state index contributed by atoms with van der Waals surface area (Å²) in [5.74, 6) is -0.419. The fourth-order valence-electron chi connectivity index (χ4n) is 2.86. The molecule has 3 rings (SSSR count). The summed E-state index contributed by atoms with van der Waals surface area (Å²) in [6, 6.07) is 11.2. The van der Waals surface area contributed by atoms with Gasteiger partial charge in [-0.25, -0.2) is 0 Å². The van der Waals surface area contributed by atoms with Crippen LogP contribution in [0.25, 0.3) is 0 Å². The Bertz CT molecular complexity index is 740. The van der Waals surface area contributed by atoms with E-state index in [9.17, 15) is 9.59 Å². The molecule has 0 saturated carbocycles. The second kappa shape index (κ2) is 9.64. The van der Waals surface area contributed by atoms with Crippen LogP contribution >= 0.6 is 11.3 Å². The highest BCUT2D eigenvalue weighted by atomic mass is 32.1. The van der Waals surface area contributed by atoms with E-state index < -0.39 is 6.04 Å². The summed E-state index contributed by atoms with van der Waals surface area (Å²) in [7, 11) is 0. The van der Waals surface area contributed by atoms with Crippen molar-refractivity contribution in [2.24, 2.45) is 0 Å². The molecule has 0 bridgehead atoms. The molecular weight excluding hydrogens is 362 g/mol. The van der Waals surface area contributed by atoms with Gasteiger partial charge in [-0.05, 0) is 29.5 Å². The minimum atomic E-state index is -0.583. The number of ether oxygens (including phenoxy) is 1. The second-order valence-electron chi connectivity index (χ2n) is 6.60. The van der Waals surface area contributed by atoms with Gasteiger partial charge in [0.2, 0.25) is 5.91 Å². The van der Waals surface area contributed by atoms with Gasteiger partial charge >= 0.3 is 0 Å². The third-order valence-corrected chi connectivity index (χ3v) is 5.35. The van der Waals surface area contributed by atoms with Crippen LogP contribution < -0.4 is 10.6 Å². The number of carbonyl (C=O) groups excluding carboxylic acids is 2. The van der Waals surface area contributed by atoms with Crippen molar-refractivity contribution in [3.8, 4) is 0 Å². The zero-order chi connectivity index (χ0) is 19.1. The highest BCUT2D eigenvalue weighted by Crippen LogP contribution is 2.10. The van der Waals surface area contributed by atoms with Gasteiger partial charge in [0.1, 0.15) is 6.04 Å². The first-order chi connectivity index (χ1) is 13.1. The van der Waals surface area contributed by atoms with Gasteiger partial charge in [-0.1, -0.05) is 30.3 Å². The number of nitrogens with one attached hydrogen (secondary N) is 2. The number of rotatable bonds is 7. The molecule has 1 atom stereocenters. The van der Waals surface area contributed by atoms with Crippen LogP contribution in [0.4, 0.5) is 0 Å². The van der Waals surface area contributed by atoms with Crippen molar-refractivity contribution in [2.45, 2.75) is 26.1 Å². The Morgan fingerprint density at radius 1 is 1.15 bits per heavy atom. The first-order valence-corrected chi connectivity index (χ1v) is 10.00. The molecule has 7 heteroatoms. The van der Waals surface area contributed by atoms with Crippen molar-refractivity contribution in [3.05, 3.63) is 57.8 Å². The van der Waals surface area contributed by atoms with E-state index in [1.807, 2.05) is 23.6 Å². The minimum Gasteiger partial charge on any atom is -0.379 e. The number of carbonyl (C=O) groups is 2. The van der Waals surface area contributed by atoms with Crippen LogP contribution in [0.15, 0.2) is 41.8 Å². The minimum absolute atomic E-state index is 0.197. The second-order valence-corrected chi connectivity index (χ2v) is 7.54. The molecule has 27 heavy (non-hydrogen) atoms. The molecule has 1 aliphatic heterocycles. The lowest BCUT2D eigenvalue weighted by Gasteiger charge is -2.26. The number of hydrogen-bond acceptors (Lipinski definition) is 5. The van der Waals surface area contributed by atoms with E-state index in [1.54, 1.807) is 13.0 Å². The van der Waals surface area contributed by atoms with Crippen molar-refractivity contribution < 1.29 is 14.3 Å². The van der Waals surface area contributed by atoms with Crippen molar-refractivity contribution in [2.75, 3.05) is 26.3 Å². The number of hydrogen-bond donors (Lipinski definition) is 2. The van der Waals surface area contributed by atoms with Gasteiger partial charge in [0, 0.05) is 26.2 Å². The fourth-order valence-corrected chi connectivity index (χ4v) is 3.49. The molecule has 1 saturated heterocycles. The molecule has 2 aromatic rings. The average Bonchev–Trinajstić information content (AvgIpc) is 3.23. The number of morpholine rings is 1. The Kier molecular flexibility index (Phi) is 6.98. The Morgan fingerprint density at radius 3 is 2.52 bits per heavy atom. The lowest BCUT2D eigenvalue weighted by Crippen LogP contribution is -2.44. The Balaban J connectivity index is 1.43. The number of nitrogens with zero attached hydrogens (tertiary/aromatic N) is 1. The van der Waals surface area contributed by atoms with Crippen molar-refractivity contribution in [1.82, 2.24) is 15.5 Å². The maximum Gasteiger partial charge on any atom is 0.261 e. The van der Waals surface area contributed by atoms with Gasteiger partial charge in [0.15, 0.2) is 0 Å². The first-order valence-electron chi connectivity index (χ1n) is 9.12. The summed E-state index contributed by atoms with van der Waals surface area (Å²) in [5.41, 5.74) is 2.29. The summed E-state index contributed by atoms with van der Waals surface area (Å²) >= 11 is 1.35. The Morgan fingerprint density at radius 2 is 1.85 bits per heavy atom. The van der Waals surface area contributed by atoms with Crippen LogP contribution in [0.2, 0.25) is 0 Å². The predicted molar refractivity (Wildman–Crippen MR) is 106 cm³/mol. The topological polar surface area (TPSA) is 70.7 Å². The predicted octanol–water partition coefficient (Wildman–Crippen LogP) is 2.01. The van der Waals surface area contributed by atoms with Crippen molar-refractivity contribution in [3.63, 3.8) is 0 Å². The van der Waals surface area contributed by atoms with Gasteiger partial charge in [-0.2, -0.15) is 0 Å². The maximum absolute atomic E-state index is 12.2. The van der Waals surface area contributed by atoms with Gasteiger partial charge < -0.3 is 15.4 Å². The van der Waals surface area contributed by atoms with Gasteiger partial charge in [0.25, 0.3) is 5.91 Å². The molecule has 0 radical (unpaired) electrons. The third-order valence-electron chi connectivity index (χ3n) is 4.49. The van der Waals surface area contributed by atoms with Crippen LogP contribution in [0.5, 0.6) is 0 Å². The zero-order valence-electron chi connectivity index (χ0n) is 15.4. The third kappa shape index (κ3) is 5.89. The van der Waals surface area contributed by atoms with Crippen molar-refractivity contribution in [1.29, 1.82) is 0 Å². The highest BCUT2D eigenvalue weighted by Gasteiger charge is 2.17. The Labute approximate surface area is 163 Å². The lowest BCUT2D eigenvalue weighted by atomic mass is 10.1. The smallest absolute Gasteiger partial charge is 0.261 e. The van der Waals surface area contributed by atoms with E-state index >= 15 is 0 Å². The van der Waals surface area contributed by atoms with E-state index in [0.717, 1.165) is 38.4 Å². The summed E-state index contributed by atoms with van der Waals surface area (Å²) in [6.07, 6.45) is 0. The molecule has 1 aliphatic rings. The SMILES string of the molecule is C[C@@H](NC(=O)c1cccs1)C(=O)NCc1ccc(CN2CCOCC2)cc1. The van der Waals surface area contributed by atoms with Crippen LogP contribution in [-0.2, 0) is 22.6 Å². The van der Waals surface area contributed by atoms with Gasteiger partial charge in [-0.15, -0.1) is 11.3 Å². The van der Waals surface area contributed by atoms with E-state index in [4.69, 9.17) is 4.74 Å². The zero-order valence-corrected chi connectivity index (χ0v) is 16.3. The molecule has 144 valence electrons. The summed E-state index contributed by atoms with van der Waals surface area (Å²) in [4.78, 5) is 27.2. The molecule has 0 spiro atoms. The lowest BCUT2D eigenvalue weighted by molar-refractivity contribution is -0.122. The molecule has 1 fully saturated rings. The van der Waals surface area contributed by atoms with Gasteiger partial charge in [-0.3, -0.25) is 14.5 Å². The monoisotopic (exact) mass is 387 g/mol. The van der Waals surface area contributed by atoms with Crippen LogP contribution in [0, 0.1) is 0 Å². The number of amides is 2. The number of benzene rings is 1. The van der Waals surface area contributed by atoms with E-state index in [2.05, 4.69) is 27.7 Å². The number of thiophene rings is 1. The maximum atomic E-state index is 12.2. The van der Waals surface area contributed by atoms with E-state index in [0.29, 0.717) is 11.4 Å². The molecule has 1 aromatic carbocycles. The normalized spacial score (nSPS) is 15.9. The fraction of sp³-hybridized carbons (Fsp3) is 0.400. The molecule has 1 aromatic heterocycles. The van der Waals surface area contributed by atoms with Crippen LogP contribution in [0.1, 0.15) is 27.7 Å². The Hall–Kier alpha value is -2.22. The summed E-state index contributed by atoms with van der Waals surface area (Å²) in [5, 5.41) is 7.43. The van der Waals surface area contributed by atoms with E-state index in [1.165, 1.54) is 16.9 Å². The van der Waals surface area contributed by atoms with E-state index in [-0.39, 0.29) is 11.8 Å². The highest BCUT2D eigenvalue weighted by molar-refractivity contribution is 7.12. The van der Waals surface area contributed by atoms with Crippen molar-refractivity contribution >= 4 is 23.2 Å². The summed E-state index contributed by atoms with van der Waals surface area (Å²) < 4.78 is 5.37. The summed E-state index contributed by atoms with van der Waals surface area (Å²) in [6.45, 7) is 6.57. The molecule has 6 nitrogen and oxygen atoms in total. The molecule has 0 aliphatic carbocycles. The first kappa shape index (κ1) is 19.5. The average molecular weight is 388 g/mol. The quantitative estimate of drug-likeness (QED) is 0.763. The van der Waals surface area contributed by atoms with Crippen LogP contribution in [0.3, 0.4) is 0 Å². The van der Waals surface area contributed by atoms with Crippen LogP contribution in [-0.4, -0.2) is 49.1 Å². The molecule has 2 amide bonds. The molecule has 2 N–H and O–H groups in total. The molecule has 2 heterocycles. The molecule has 0 unspecified atom stereocenters. The van der Waals surface area contributed by atoms with Gasteiger partial charge in [0.05, 0.1) is 18.1 Å². The standard InChI is InChI=1S/C20H25N3O3S/c1-15(22-20(25)18-3-2-12-27-18)19(24)21-13-16-4-6-17(7-5-16)14-23-8-10-26-11-9-23/h2-7,12,15H,8-11,13-14H2,1H3,(H,21,24)(H,22,25)/t15-/m1/s1. The molecular formula is C20H25N3O3S. The largest absolute Gasteiger partial charge is 0.379 e.